The van der Waals surface area contributed by atoms with E-state index in [9.17, 15) is 4.79 Å². The van der Waals surface area contributed by atoms with Crippen LogP contribution in [-0.4, -0.2) is 36.0 Å². The average Bonchev–Trinajstić information content (AvgIpc) is 3.08. The molecule has 1 saturated heterocycles. The number of carbonyl (C=O) groups is 1. The van der Waals surface area contributed by atoms with Crippen LogP contribution in [0.2, 0.25) is 0 Å². The Kier molecular flexibility index (Phi) is 9.53. The van der Waals surface area contributed by atoms with E-state index in [0.29, 0.717) is 26.2 Å². The Balaban J connectivity index is 1.25. The third-order valence-corrected chi connectivity index (χ3v) is 8.59. The molecule has 46 heavy (non-hydrogen) atoms. The topological polar surface area (TPSA) is 48.0 Å². The van der Waals surface area contributed by atoms with Gasteiger partial charge in [-0.15, -0.1) is 0 Å². The first-order valence-electron chi connectivity index (χ1n) is 16.2. The molecule has 1 aliphatic rings. The predicted octanol–water partition coefficient (Wildman–Crippen LogP) is 9.34. The Morgan fingerprint density at radius 1 is 0.696 bits per heavy atom. The first kappa shape index (κ1) is 31.5. The van der Waals surface area contributed by atoms with E-state index in [-0.39, 0.29) is 18.2 Å². The fourth-order valence-electron chi connectivity index (χ4n) is 6.38. The van der Waals surface area contributed by atoms with E-state index in [1.807, 2.05) is 51.1 Å². The number of hydrogen-bond donors (Lipinski definition) is 0. The van der Waals surface area contributed by atoms with Crippen molar-refractivity contribution in [3.05, 3.63) is 156 Å². The molecule has 1 aliphatic heterocycles. The molecule has 5 aromatic rings. The maximum Gasteiger partial charge on any atom is 0.412 e. The molecule has 0 aliphatic carbocycles. The van der Waals surface area contributed by atoms with Gasteiger partial charge in [-0.2, -0.15) is 0 Å². The molecule has 0 radical (unpaired) electrons. The third-order valence-electron chi connectivity index (χ3n) is 8.59. The lowest BCUT2D eigenvalue weighted by Gasteiger charge is -2.42. The molecule has 0 aromatic heterocycles. The molecular weight excluding hydrogens is 570 g/mol. The van der Waals surface area contributed by atoms with Gasteiger partial charge in [0.25, 0.3) is 0 Å². The molecule has 0 spiro atoms. The van der Waals surface area contributed by atoms with E-state index in [0.717, 1.165) is 28.7 Å². The van der Waals surface area contributed by atoms with Crippen LogP contribution in [0.25, 0.3) is 10.8 Å². The largest absolute Gasteiger partial charge is 0.444 e. The summed E-state index contributed by atoms with van der Waals surface area (Å²) in [6.45, 7) is 7.03. The third kappa shape index (κ3) is 7.17. The molecule has 5 heteroatoms. The van der Waals surface area contributed by atoms with Crippen molar-refractivity contribution in [2.75, 3.05) is 13.2 Å². The Morgan fingerprint density at radius 2 is 1.24 bits per heavy atom. The second-order valence-corrected chi connectivity index (χ2v) is 13.1. The molecule has 0 bridgehead atoms. The quantitative estimate of drug-likeness (QED) is 0.156. The summed E-state index contributed by atoms with van der Waals surface area (Å²) in [6.07, 6.45) is 0.798. The molecule has 1 heterocycles. The minimum Gasteiger partial charge on any atom is -0.444 e. The van der Waals surface area contributed by atoms with Crippen molar-refractivity contribution in [1.29, 1.82) is 0 Å². The van der Waals surface area contributed by atoms with Gasteiger partial charge in [-0.3, -0.25) is 4.90 Å². The molecule has 1 fully saturated rings. The van der Waals surface area contributed by atoms with Gasteiger partial charge >= 0.3 is 6.09 Å². The normalized spacial score (nSPS) is 17.2. The predicted molar refractivity (Wildman–Crippen MR) is 183 cm³/mol. The lowest BCUT2D eigenvalue weighted by molar-refractivity contribution is -0.111. The molecule has 236 valence electrons. The summed E-state index contributed by atoms with van der Waals surface area (Å²) >= 11 is 0. The summed E-state index contributed by atoms with van der Waals surface area (Å²) in [5, 5.41) is 2.37. The summed E-state index contributed by atoms with van der Waals surface area (Å²) in [5.74, 6) is 0.0866. The van der Waals surface area contributed by atoms with E-state index in [1.54, 1.807) is 4.90 Å². The van der Waals surface area contributed by atoms with Crippen molar-refractivity contribution in [1.82, 2.24) is 4.90 Å². The maximum absolute atomic E-state index is 13.6. The lowest BCUT2D eigenvalue weighted by Crippen LogP contribution is -2.51. The highest BCUT2D eigenvalue weighted by atomic mass is 16.6. The molecule has 6 rings (SSSR count). The van der Waals surface area contributed by atoms with Gasteiger partial charge in [0.15, 0.2) is 0 Å². The zero-order chi connectivity index (χ0) is 32.0. The Morgan fingerprint density at radius 3 is 1.80 bits per heavy atom. The first-order chi connectivity index (χ1) is 22.3. The van der Waals surface area contributed by atoms with E-state index in [2.05, 4.69) is 103 Å². The number of carbonyl (C=O) groups excluding carboxylic acids is 1. The molecular formula is C41H43NO4. The number of piperidine rings is 1. The standard InChI is InChI=1S/C41H43NO4/c1-40(2,3)46-39(43)42-28-32(24-26-38(42)44-29-31-23-25-33-15-13-14-16-34(33)27-31)30-45-41(35-17-7-4-8-18-35,36-19-9-5-10-20-36)37-21-11-6-12-22-37/h4-23,25,27,32,38H,24,26,28-30H2,1-3H3. The Hall–Kier alpha value is -4.45. The van der Waals surface area contributed by atoms with Crippen molar-refractivity contribution in [3.63, 3.8) is 0 Å². The Bertz CT molecular complexity index is 1620. The number of fused-ring (bicyclic) bond motifs is 1. The number of nitrogens with zero attached hydrogens (tertiary/aromatic N) is 1. The number of benzene rings is 5. The fourth-order valence-corrected chi connectivity index (χ4v) is 6.38. The van der Waals surface area contributed by atoms with Crippen LogP contribution in [0.3, 0.4) is 0 Å². The molecule has 5 aromatic carbocycles. The molecule has 2 atom stereocenters. The minimum atomic E-state index is -0.816. The summed E-state index contributed by atoms with van der Waals surface area (Å²) in [4.78, 5) is 15.4. The highest BCUT2D eigenvalue weighted by molar-refractivity contribution is 5.83. The zero-order valence-electron chi connectivity index (χ0n) is 27.0. The van der Waals surface area contributed by atoms with Gasteiger partial charge in [0.1, 0.15) is 17.4 Å². The molecule has 5 nitrogen and oxygen atoms in total. The molecule has 0 N–H and O–H groups in total. The second-order valence-electron chi connectivity index (χ2n) is 13.1. The van der Waals surface area contributed by atoms with Gasteiger partial charge in [0.2, 0.25) is 0 Å². The van der Waals surface area contributed by atoms with Gasteiger partial charge in [-0.1, -0.05) is 127 Å². The van der Waals surface area contributed by atoms with Crippen LogP contribution in [0.5, 0.6) is 0 Å². The smallest absolute Gasteiger partial charge is 0.412 e. The van der Waals surface area contributed by atoms with Gasteiger partial charge in [-0.05, 0) is 72.7 Å². The van der Waals surface area contributed by atoms with Crippen LogP contribution in [0.15, 0.2) is 133 Å². The molecule has 2 unspecified atom stereocenters. The van der Waals surface area contributed by atoms with Crippen LogP contribution in [0, 0.1) is 5.92 Å². The lowest BCUT2D eigenvalue weighted by atomic mass is 9.80. The monoisotopic (exact) mass is 613 g/mol. The minimum absolute atomic E-state index is 0.0866. The van der Waals surface area contributed by atoms with E-state index < -0.39 is 11.2 Å². The van der Waals surface area contributed by atoms with Crippen LogP contribution >= 0.6 is 0 Å². The highest BCUT2D eigenvalue weighted by Gasteiger charge is 2.40. The Labute approximate surface area is 272 Å². The van der Waals surface area contributed by atoms with Crippen LogP contribution < -0.4 is 0 Å². The van der Waals surface area contributed by atoms with Gasteiger partial charge in [0.05, 0.1) is 13.2 Å². The van der Waals surface area contributed by atoms with Crippen molar-refractivity contribution in [2.24, 2.45) is 5.92 Å². The van der Waals surface area contributed by atoms with Crippen molar-refractivity contribution < 1.29 is 19.0 Å². The van der Waals surface area contributed by atoms with Gasteiger partial charge < -0.3 is 14.2 Å². The number of amides is 1. The number of rotatable bonds is 9. The number of likely N-dealkylation sites (tertiary alicyclic amines) is 1. The van der Waals surface area contributed by atoms with E-state index in [1.165, 1.54) is 10.8 Å². The fraction of sp³-hybridized carbons (Fsp3) is 0.293. The SMILES string of the molecule is CC(C)(C)OC(=O)N1CC(COC(c2ccccc2)(c2ccccc2)c2ccccc2)CCC1OCc1ccc2ccccc2c1. The highest BCUT2D eigenvalue weighted by Crippen LogP contribution is 2.41. The summed E-state index contributed by atoms with van der Waals surface area (Å²) in [6, 6.07) is 45.9. The zero-order valence-corrected chi connectivity index (χ0v) is 27.0. The number of hydrogen-bond acceptors (Lipinski definition) is 4. The van der Waals surface area contributed by atoms with Crippen molar-refractivity contribution >= 4 is 16.9 Å². The first-order valence-corrected chi connectivity index (χ1v) is 16.2. The molecule has 0 saturated carbocycles. The van der Waals surface area contributed by atoms with E-state index >= 15 is 0 Å². The van der Waals surface area contributed by atoms with Crippen molar-refractivity contribution in [3.8, 4) is 0 Å². The second kappa shape index (κ2) is 13.9. The average molecular weight is 614 g/mol. The van der Waals surface area contributed by atoms with Crippen LogP contribution in [-0.2, 0) is 26.4 Å². The molecule has 1 amide bonds. The van der Waals surface area contributed by atoms with E-state index in [4.69, 9.17) is 14.2 Å². The van der Waals surface area contributed by atoms with Crippen LogP contribution in [0.1, 0.15) is 55.9 Å². The summed E-state index contributed by atoms with van der Waals surface area (Å²) < 4.78 is 19.5. The van der Waals surface area contributed by atoms with Crippen molar-refractivity contribution in [2.45, 2.75) is 57.6 Å². The summed E-state index contributed by atoms with van der Waals surface area (Å²) in [5.41, 5.74) is 2.82. The summed E-state index contributed by atoms with van der Waals surface area (Å²) in [7, 11) is 0. The van der Waals surface area contributed by atoms with Gasteiger partial charge in [0, 0.05) is 12.5 Å². The number of ether oxygens (including phenoxy) is 3. The van der Waals surface area contributed by atoms with Crippen LogP contribution in [0.4, 0.5) is 4.79 Å². The maximum atomic E-state index is 13.6. The van der Waals surface area contributed by atoms with Gasteiger partial charge in [-0.25, -0.2) is 4.79 Å².